The number of benzene rings is 1. The van der Waals surface area contributed by atoms with Crippen molar-refractivity contribution in [2.24, 2.45) is 0 Å². The molecule has 2 aliphatic heterocycles. The van der Waals surface area contributed by atoms with E-state index in [-0.39, 0.29) is 0 Å². The molecule has 0 aromatic heterocycles. The predicted octanol–water partition coefficient (Wildman–Crippen LogP) is 3.44. The molecule has 1 aromatic carbocycles. The summed E-state index contributed by atoms with van der Waals surface area (Å²) >= 11 is 0. The first-order chi connectivity index (χ1) is 10.4. The van der Waals surface area contributed by atoms with Crippen molar-refractivity contribution in [2.75, 3.05) is 23.9 Å². The fourth-order valence-corrected chi connectivity index (χ4v) is 3.29. The Bertz CT molecular complexity index is 634. The van der Waals surface area contributed by atoms with Crippen LogP contribution in [0.5, 0.6) is 0 Å². The molecule has 0 fully saturated rings. The van der Waals surface area contributed by atoms with E-state index in [2.05, 4.69) is 98.3 Å². The summed E-state index contributed by atoms with van der Waals surface area (Å²) in [6, 6.07) is 4.47. The highest BCUT2D eigenvalue weighted by molar-refractivity contribution is 5.73. The molecule has 0 bridgehead atoms. The van der Waals surface area contributed by atoms with Crippen molar-refractivity contribution < 1.29 is 0 Å². The lowest BCUT2D eigenvalue weighted by Gasteiger charge is -2.33. The van der Waals surface area contributed by atoms with E-state index >= 15 is 0 Å². The molecule has 0 unspecified atom stereocenters. The second-order valence-electron chi connectivity index (χ2n) is 6.38. The normalized spacial score (nSPS) is 24.1. The van der Waals surface area contributed by atoms with Crippen molar-refractivity contribution in [1.29, 1.82) is 0 Å². The van der Waals surface area contributed by atoms with Gasteiger partial charge < -0.3 is 19.6 Å². The average Bonchev–Trinajstić information content (AvgIpc) is 2.97. The summed E-state index contributed by atoms with van der Waals surface area (Å²) in [5, 5.41) is 0. The van der Waals surface area contributed by atoms with Crippen LogP contribution in [-0.4, -0.2) is 36.2 Å². The maximum absolute atomic E-state index is 2.36. The summed E-state index contributed by atoms with van der Waals surface area (Å²) in [6.45, 7) is 8.89. The van der Waals surface area contributed by atoms with Gasteiger partial charge in [-0.15, -0.1) is 0 Å². The van der Waals surface area contributed by atoms with Crippen LogP contribution < -0.4 is 9.80 Å². The summed E-state index contributed by atoms with van der Waals surface area (Å²) in [5.41, 5.74) is 5.25. The third-order valence-electron chi connectivity index (χ3n) is 5.05. The van der Waals surface area contributed by atoms with E-state index in [1.165, 1.54) is 22.5 Å². The van der Waals surface area contributed by atoms with Gasteiger partial charge in [0, 0.05) is 44.6 Å². The molecule has 2 heterocycles. The van der Waals surface area contributed by atoms with Gasteiger partial charge in [-0.1, -0.05) is 6.07 Å². The number of anilines is 2. The summed E-state index contributed by atoms with van der Waals surface area (Å²) < 4.78 is 0. The Hall–Kier alpha value is -2.10. The highest BCUT2D eigenvalue weighted by Crippen LogP contribution is 2.37. The highest BCUT2D eigenvalue weighted by Gasteiger charge is 2.27. The molecule has 0 saturated heterocycles. The van der Waals surface area contributed by atoms with E-state index in [4.69, 9.17) is 0 Å². The molecule has 118 valence electrons. The Labute approximate surface area is 133 Å². The van der Waals surface area contributed by atoms with Gasteiger partial charge in [0.1, 0.15) is 12.3 Å². The molecule has 2 atom stereocenters. The van der Waals surface area contributed by atoms with Gasteiger partial charge in [0.05, 0.1) is 5.69 Å². The van der Waals surface area contributed by atoms with Gasteiger partial charge in [0.25, 0.3) is 0 Å². The summed E-state index contributed by atoms with van der Waals surface area (Å²) in [4.78, 5) is 9.16. The highest BCUT2D eigenvalue weighted by atomic mass is 15.4. The first-order valence-corrected chi connectivity index (χ1v) is 7.89. The quantitative estimate of drug-likeness (QED) is 0.829. The molecule has 0 spiro atoms. The lowest BCUT2D eigenvalue weighted by atomic mass is 10.0. The number of hydrogen-bond donors (Lipinski definition) is 0. The van der Waals surface area contributed by atoms with Crippen molar-refractivity contribution in [1.82, 2.24) is 9.80 Å². The van der Waals surface area contributed by atoms with Crippen molar-refractivity contribution in [3.8, 4) is 0 Å². The minimum absolute atomic E-state index is 0.349. The number of aryl methyl sites for hydroxylation is 1. The Morgan fingerprint density at radius 2 is 1.32 bits per heavy atom. The van der Waals surface area contributed by atoms with Crippen LogP contribution >= 0.6 is 0 Å². The minimum Gasteiger partial charge on any atom is -0.359 e. The van der Waals surface area contributed by atoms with E-state index in [1.54, 1.807) is 0 Å². The van der Waals surface area contributed by atoms with Gasteiger partial charge in [-0.2, -0.15) is 0 Å². The zero-order valence-corrected chi connectivity index (χ0v) is 14.4. The number of nitrogens with zero attached hydrogens (tertiary/aromatic N) is 4. The number of hydrogen-bond acceptors (Lipinski definition) is 4. The Morgan fingerprint density at radius 1 is 0.773 bits per heavy atom. The van der Waals surface area contributed by atoms with Crippen LogP contribution in [0.15, 0.2) is 36.9 Å². The maximum atomic E-state index is 2.36. The standard InChI is InChI=1S/C18H26N4/c1-13-7-8-17(21-11-9-19(5)15(21)3)14(2)18(13)22-12-10-20(6)16(22)4/h7-12,15-16H,1-6H3/t15-,16+/m0/s1. The van der Waals surface area contributed by atoms with Gasteiger partial charge in [-0.3, -0.25) is 0 Å². The van der Waals surface area contributed by atoms with E-state index < -0.39 is 0 Å². The monoisotopic (exact) mass is 298 g/mol. The first kappa shape index (κ1) is 14.8. The molecule has 22 heavy (non-hydrogen) atoms. The molecule has 4 heteroatoms. The molecule has 1 aromatic rings. The van der Waals surface area contributed by atoms with Crippen molar-refractivity contribution in [3.05, 3.63) is 48.1 Å². The van der Waals surface area contributed by atoms with Crippen LogP contribution in [0.2, 0.25) is 0 Å². The van der Waals surface area contributed by atoms with E-state index in [0.717, 1.165) is 0 Å². The SMILES string of the molecule is Cc1ccc(N2C=CN(C)[C@@H]2C)c(C)c1N1C=CN(C)[C@H]1C. The van der Waals surface area contributed by atoms with Crippen LogP contribution in [0.1, 0.15) is 25.0 Å². The largest absolute Gasteiger partial charge is 0.359 e. The first-order valence-electron chi connectivity index (χ1n) is 7.89. The van der Waals surface area contributed by atoms with Gasteiger partial charge >= 0.3 is 0 Å². The average molecular weight is 298 g/mol. The smallest absolute Gasteiger partial charge is 0.102 e. The van der Waals surface area contributed by atoms with Gasteiger partial charge in [0.15, 0.2) is 0 Å². The minimum atomic E-state index is 0.349. The Balaban J connectivity index is 2.04. The zero-order chi connectivity index (χ0) is 16.0. The molecule has 0 aliphatic carbocycles. The fraction of sp³-hybridized carbons (Fsp3) is 0.444. The van der Waals surface area contributed by atoms with E-state index in [9.17, 15) is 0 Å². The van der Waals surface area contributed by atoms with E-state index in [0.29, 0.717) is 12.3 Å². The van der Waals surface area contributed by atoms with Crippen molar-refractivity contribution >= 4 is 11.4 Å². The second-order valence-corrected chi connectivity index (χ2v) is 6.38. The molecular weight excluding hydrogens is 272 g/mol. The topological polar surface area (TPSA) is 13.0 Å². The Kier molecular flexibility index (Phi) is 3.55. The van der Waals surface area contributed by atoms with Crippen LogP contribution in [0.25, 0.3) is 0 Å². The summed E-state index contributed by atoms with van der Waals surface area (Å²) in [6.07, 6.45) is 9.32. The summed E-state index contributed by atoms with van der Waals surface area (Å²) in [5.74, 6) is 0. The van der Waals surface area contributed by atoms with Gasteiger partial charge in [0.2, 0.25) is 0 Å². The number of rotatable bonds is 2. The van der Waals surface area contributed by atoms with Crippen LogP contribution in [-0.2, 0) is 0 Å². The van der Waals surface area contributed by atoms with E-state index in [1.807, 2.05) is 0 Å². The lowest BCUT2D eigenvalue weighted by Crippen LogP contribution is -2.36. The van der Waals surface area contributed by atoms with Gasteiger partial charge in [-0.25, -0.2) is 0 Å². The van der Waals surface area contributed by atoms with Gasteiger partial charge in [-0.05, 0) is 44.9 Å². The third kappa shape index (κ3) is 2.14. The molecular formula is C18H26N4. The molecule has 4 nitrogen and oxygen atoms in total. The molecule has 3 rings (SSSR count). The third-order valence-corrected chi connectivity index (χ3v) is 5.05. The molecule has 0 saturated carbocycles. The zero-order valence-electron chi connectivity index (χ0n) is 14.4. The summed E-state index contributed by atoms with van der Waals surface area (Å²) in [7, 11) is 4.24. The van der Waals surface area contributed by atoms with Crippen LogP contribution in [0.4, 0.5) is 11.4 Å². The van der Waals surface area contributed by atoms with Crippen LogP contribution in [0, 0.1) is 13.8 Å². The van der Waals surface area contributed by atoms with Crippen molar-refractivity contribution in [3.63, 3.8) is 0 Å². The molecule has 0 radical (unpaired) electrons. The molecule has 2 aliphatic rings. The Morgan fingerprint density at radius 3 is 1.82 bits per heavy atom. The molecule has 0 amide bonds. The van der Waals surface area contributed by atoms with Crippen LogP contribution in [0.3, 0.4) is 0 Å². The molecule has 0 N–H and O–H groups in total. The fourth-order valence-electron chi connectivity index (χ4n) is 3.29. The maximum Gasteiger partial charge on any atom is 0.102 e. The lowest BCUT2D eigenvalue weighted by molar-refractivity contribution is 0.381. The van der Waals surface area contributed by atoms with Crippen molar-refractivity contribution in [2.45, 2.75) is 40.0 Å². The second kappa shape index (κ2) is 5.27. The predicted molar refractivity (Wildman–Crippen MR) is 93.6 cm³/mol.